The SMILES string of the molecule is CCCC.O=CN1CCNCC1.[HH]. The molecular weight excluding hydrogens is 152 g/mol. The fourth-order valence-corrected chi connectivity index (χ4v) is 0.788. The van der Waals surface area contributed by atoms with Crippen molar-refractivity contribution in [3.05, 3.63) is 0 Å². The van der Waals surface area contributed by atoms with Gasteiger partial charge in [0.05, 0.1) is 0 Å². The van der Waals surface area contributed by atoms with Crippen LogP contribution in [0.3, 0.4) is 0 Å². The number of hydrogen-bond donors (Lipinski definition) is 1. The van der Waals surface area contributed by atoms with Crippen molar-refractivity contribution in [1.29, 1.82) is 0 Å². The molecule has 1 amide bonds. The zero-order chi connectivity index (χ0) is 9.23. The Morgan fingerprint density at radius 2 is 1.83 bits per heavy atom. The van der Waals surface area contributed by atoms with E-state index in [0.717, 1.165) is 32.6 Å². The molecule has 0 spiro atoms. The van der Waals surface area contributed by atoms with Crippen LogP contribution in [-0.4, -0.2) is 37.5 Å². The van der Waals surface area contributed by atoms with Gasteiger partial charge in [-0.2, -0.15) is 0 Å². The highest BCUT2D eigenvalue weighted by Crippen LogP contribution is 1.84. The number of unbranched alkanes of at least 4 members (excludes halogenated alkanes) is 1. The van der Waals surface area contributed by atoms with Crippen LogP contribution in [0.15, 0.2) is 0 Å². The Morgan fingerprint density at radius 1 is 1.33 bits per heavy atom. The number of nitrogens with one attached hydrogen (secondary N) is 1. The van der Waals surface area contributed by atoms with Crippen molar-refractivity contribution in [3.8, 4) is 0 Å². The van der Waals surface area contributed by atoms with Crippen LogP contribution < -0.4 is 5.32 Å². The van der Waals surface area contributed by atoms with Crippen molar-refractivity contribution in [1.82, 2.24) is 10.2 Å². The summed E-state index contributed by atoms with van der Waals surface area (Å²) >= 11 is 0. The quantitative estimate of drug-likeness (QED) is 0.636. The van der Waals surface area contributed by atoms with E-state index < -0.39 is 0 Å². The van der Waals surface area contributed by atoms with Crippen LogP contribution in [0.4, 0.5) is 0 Å². The van der Waals surface area contributed by atoms with Gasteiger partial charge in [-0.3, -0.25) is 4.79 Å². The molecule has 1 fully saturated rings. The molecule has 0 aromatic carbocycles. The van der Waals surface area contributed by atoms with Crippen LogP contribution in [0, 0.1) is 0 Å². The van der Waals surface area contributed by atoms with Crippen LogP contribution in [-0.2, 0) is 4.79 Å². The largest absolute Gasteiger partial charge is 0.343 e. The molecule has 1 N–H and O–H groups in total. The van der Waals surface area contributed by atoms with Gasteiger partial charge in [0.1, 0.15) is 0 Å². The van der Waals surface area contributed by atoms with E-state index in [1.54, 1.807) is 4.90 Å². The maximum absolute atomic E-state index is 10.1. The lowest BCUT2D eigenvalue weighted by molar-refractivity contribution is -0.118. The summed E-state index contributed by atoms with van der Waals surface area (Å²) in [5.74, 6) is 0. The van der Waals surface area contributed by atoms with Crippen molar-refractivity contribution < 1.29 is 6.22 Å². The molecule has 0 aliphatic carbocycles. The van der Waals surface area contributed by atoms with E-state index in [1.165, 1.54) is 12.8 Å². The van der Waals surface area contributed by atoms with Gasteiger partial charge < -0.3 is 10.2 Å². The molecule has 0 saturated carbocycles. The number of carbonyl (C=O) groups excluding carboxylic acids is 1. The third-order valence-corrected chi connectivity index (χ3v) is 1.80. The zero-order valence-corrected chi connectivity index (χ0v) is 8.18. The molecule has 1 heterocycles. The molecule has 1 aliphatic rings. The lowest BCUT2D eigenvalue weighted by Crippen LogP contribution is -2.42. The average molecular weight is 174 g/mol. The Balaban J connectivity index is 0. The summed E-state index contributed by atoms with van der Waals surface area (Å²) in [5.41, 5.74) is 0. The van der Waals surface area contributed by atoms with E-state index in [4.69, 9.17) is 0 Å². The second-order valence-electron chi connectivity index (χ2n) is 2.89. The minimum atomic E-state index is 0. The van der Waals surface area contributed by atoms with E-state index in [2.05, 4.69) is 19.2 Å². The molecule has 74 valence electrons. The Bertz CT molecular complexity index is 104. The molecule has 1 saturated heterocycles. The first kappa shape index (κ1) is 11.4. The van der Waals surface area contributed by atoms with E-state index in [-0.39, 0.29) is 1.43 Å². The van der Waals surface area contributed by atoms with E-state index in [1.807, 2.05) is 0 Å². The number of rotatable bonds is 2. The second kappa shape index (κ2) is 8.53. The Hall–Kier alpha value is -0.570. The van der Waals surface area contributed by atoms with Crippen molar-refractivity contribution in [2.24, 2.45) is 0 Å². The molecule has 3 nitrogen and oxygen atoms in total. The average Bonchev–Trinajstić information content (AvgIpc) is 2.19. The highest BCUT2D eigenvalue weighted by Gasteiger charge is 2.04. The fraction of sp³-hybridized carbons (Fsp3) is 0.889. The summed E-state index contributed by atoms with van der Waals surface area (Å²) in [4.78, 5) is 11.8. The first-order valence-electron chi connectivity index (χ1n) is 4.75. The minimum Gasteiger partial charge on any atom is -0.343 e. The standard InChI is InChI=1S/C5H10N2O.C4H10.H2/c8-5-7-3-1-6-2-4-7;1-3-4-2;/h5-6H,1-4H2;3-4H2,1-2H3;1H. The molecule has 0 radical (unpaired) electrons. The van der Waals surface area contributed by atoms with Gasteiger partial charge in [0.15, 0.2) is 0 Å². The van der Waals surface area contributed by atoms with Crippen LogP contribution in [0.2, 0.25) is 0 Å². The van der Waals surface area contributed by atoms with E-state index >= 15 is 0 Å². The predicted molar refractivity (Wildman–Crippen MR) is 53.2 cm³/mol. The highest BCUT2D eigenvalue weighted by atomic mass is 16.1. The molecule has 0 unspecified atom stereocenters. The monoisotopic (exact) mass is 174 g/mol. The summed E-state index contributed by atoms with van der Waals surface area (Å²) < 4.78 is 0. The maximum atomic E-state index is 10.1. The van der Waals surface area contributed by atoms with Gasteiger partial charge in [0, 0.05) is 27.6 Å². The smallest absolute Gasteiger partial charge is 0.209 e. The van der Waals surface area contributed by atoms with E-state index in [0.29, 0.717) is 0 Å². The fourth-order valence-electron chi connectivity index (χ4n) is 0.788. The summed E-state index contributed by atoms with van der Waals surface area (Å²) in [6, 6.07) is 0. The van der Waals surface area contributed by atoms with Gasteiger partial charge in [-0.1, -0.05) is 26.7 Å². The van der Waals surface area contributed by atoms with Gasteiger partial charge in [0.2, 0.25) is 6.41 Å². The Labute approximate surface area is 76.6 Å². The summed E-state index contributed by atoms with van der Waals surface area (Å²) in [5, 5.41) is 3.15. The zero-order valence-electron chi connectivity index (χ0n) is 8.18. The van der Waals surface area contributed by atoms with Crippen LogP contribution in [0.1, 0.15) is 28.1 Å². The number of carbonyl (C=O) groups is 1. The molecule has 0 aromatic rings. The maximum Gasteiger partial charge on any atom is 0.209 e. The number of nitrogens with zero attached hydrogens (tertiary/aromatic N) is 1. The summed E-state index contributed by atoms with van der Waals surface area (Å²) in [6.45, 7) is 7.98. The second-order valence-corrected chi connectivity index (χ2v) is 2.89. The molecule has 0 atom stereocenters. The number of piperazine rings is 1. The topological polar surface area (TPSA) is 32.3 Å². The molecule has 0 aromatic heterocycles. The van der Waals surface area contributed by atoms with Gasteiger partial charge in [0.25, 0.3) is 0 Å². The van der Waals surface area contributed by atoms with Gasteiger partial charge in [-0.05, 0) is 0 Å². The molecule has 1 rings (SSSR count). The highest BCUT2D eigenvalue weighted by molar-refractivity contribution is 5.47. The molecule has 12 heavy (non-hydrogen) atoms. The molecule has 1 aliphatic heterocycles. The first-order chi connectivity index (χ1) is 5.85. The summed E-state index contributed by atoms with van der Waals surface area (Å²) in [6.07, 6.45) is 3.54. The van der Waals surface area contributed by atoms with Crippen LogP contribution >= 0.6 is 0 Å². The molecule has 3 heteroatoms. The molecular formula is C9H22N2O. The Kier molecular flexibility index (Phi) is 8.12. The summed E-state index contributed by atoms with van der Waals surface area (Å²) in [7, 11) is 0. The number of hydrogen-bond acceptors (Lipinski definition) is 2. The van der Waals surface area contributed by atoms with Crippen LogP contribution in [0.25, 0.3) is 0 Å². The molecule has 0 bridgehead atoms. The van der Waals surface area contributed by atoms with Gasteiger partial charge in [-0.15, -0.1) is 0 Å². The third-order valence-electron chi connectivity index (χ3n) is 1.80. The minimum absolute atomic E-state index is 0. The Morgan fingerprint density at radius 3 is 2.08 bits per heavy atom. The van der Waals surface area contributed by atoms with Gasteiger partial charge >= 0.3 is 0 Å². The number of amides is 1. The van der Waals surface area contributed by atoms with Gasteiger partial charge in [-0.25, -0.2) is 0 Å². The predicted octanol–water partition coefficient (Wildman–Crippen LogP) is 1.10. The van der Waals surface area contributed by atoms with Crippen LogP contribution in [0.5, 0.6) is 0 Å². The van der Waals surface area contributed by atoms with E-state index in [9.17, 15) is 4.79 Å². The van der Waals surface area contributed by atoms with Crippen molar-refractivity contribution in [2.45, 2.75) is 26.7 Å². The normalized spacial score (nSPS) is 16.3. The lowest BCUT2D eigenvalue weighted by atomic mass is 10.4. The first-order valence-corrected chi connectivity index (χ1v) is 4.75. The van der Waals surface area contributed by atoms with Crippen molar-refractivity contribution >= 4 is 6.41 Å². The van der Waals surface area contributed by atoms with Crippen molar-refractivity contribution in [3.63, 3.8) is 0 Å². The lowest BCUT2D eigenvalue weighted by Gasteiger charge is -2.22. The third kappa shape index (κ3) is 6.16. The van der Waals surface area contributed by atoms with Crippen molar-refractivity contribution in [2.75, 3.05) is 26.2 Å².